The third-order valence-electron chi connectivity index (χ3n) is 1.85. The quantitative estimate of drug-likeness (QED) is 0.456. The van der Waals surface area contributed by atoms with Crippen LogP contribution in [-0.4, -0.2) is 20.7 Å². The number of nitrogens with one attached hydrogen (secondary N) is 2. The number of aromatic nitrogens is 2. The highest BCUT2D eigenvalue weighted by atomic mass is 35.5. The van der Waals surface area contributed by atoms with E-state index in [1.165, 1.54) is 29.4 Å². The number of phenolic OH excluding ortho intramolecular Hbond substituents is 1. The molecule has 1 aromatic heterocycles. The first kappa shape index (κ1) is 12.3. The zero-order chi connectivity index (χ0) is 12.3. The molecule has 0 atom stereocenters. The standard InChI is InChI=1S/C9H9ClN4OS2/c1-16-9-11-8(17-14-9)13-12-5-2-3-7(15)6(10)4-5/h2-4,12,15H,1H3,(H,11,13,14). The maximum absolute atomic E-state index is 9.26. The Morgan fingerprint density at radius 1 is 1.41 bits per heavy atom. The molecule has 5 nitrogen and oxygen atoms in total. The summed E-state index contributed by atoms with van der Waals surface area (Å²) in [6.07, 6.45) is 1.92. The number of nitrogens with zero attached hydrogens (tertiary/aromatic N) is 2. The van der Waals surface area contributed by atoms with Crippen molar-refractivity contribution < 1.29 is 5.11 Å². The summed E-state index contributed by atoms with van der Waals surface area (Å²) in [6.45, 7) is 0. The molecule has 3 N–H and O–H groups in total. The highest BCUT2D eigenvalue weighted by Gasteiger charge is 2.03. The van der Waals surface area contributed by atoms with Gasteiger partial charge in [-0.3, -0.25) is 10.9 Å². The molecule has 0 radical (unpaired) electrons. The lowest BCUT2D eigenvalue weighted by molar-refractivity contribution is 0.475. The minimum atomic E-state index is 0.0535. The Hall–Kier alpha value is -1.18. The molecule has 2 aromatic rings. The smallest absolute Gasteiger partial charge is 0.222 e. The summed E-state index contributed by atoms with van der Waals surface area (Å²) in [5.41, 5.74) is 6.55. The third-order valence-corrected chi connectivity index (χ3v) is 3.45. The van der Waals surface area contributed by atoms with Gasteiger partial charge in [0, 0.05) is 11.5 Å². The molecule has 8 heteroatoms. The molecule has 0 saturated heterocycles. The first-order valence-corrected chi connectivity index (χ1v) is 6.95. The minimum absolute atomic E-state index is 0.0535. The van der Waals surface area contributed by atoms with Gasteiger partial charge in [0.2, 0.25) is 10.3 Å². The first-order chi connectivity index (χ1) is 8.19. The molecule has 0 saturated carbocycles. The van der Waals surface area contributed by atoms with Crippen molar-refractivity contribution in [2.45, 2.75) is 5.16 Å². The monoisotopic (exact) mass is 288 g/mol. The lowest BCUT2D eigenvalue weighted by atomic mass is 10.3. The van der Waals surface area contributed by atoms with Gasteiger partial charge in [-0.25, -0.2) is 0 Å². The Bertz CT molecular complexity index is 519. The van der Waals surface area contributed by atoms with Gasteiger partial charge in [0.15, 0.2) is 0 Å². The summed E-state index contributed by atoms with van der Waals surface area (Å²) in [5, 5.41) is 10.9. The van der Waals surface area contributed by atoms with E-state index in [-0.39, 0.29) is 5.75 Å². The van der Waals surface area contributed by atoms with E-state index in [9.17, 15) is 5.11 Å². The van der Waals surface area contributed by atoms with Gasteiger partial charge in [0.25, 0.3) is 0 Å². The van der Waals surface area contributed by atoms with E-state index in [1.807, 2.05) is 6.26 Å². The highest BCUT2D eigenvalue weighted by Crippen LogP contribution is 2.26. The summed E-state index contributed by atoms with van der Waals surface area (Å²) in [5.74, 6) is 0.0535. The number of aromatic hydroxyl groups is 1. The normalized spacial score (nSPS) is 10.2. The van der Waals surface area contributed by atoms with Crippen LogP contribution in [0, 0.1) is 0 Å². The van der Waals surface area contributed by atoms with E-state index in [4.69, 9.17) is 11.6 Å². The Labute approximate surface area is 111 Å². The van der Waals surface area contributed by atoms with Crippen LogP contribution in [0.25, 0.3) is 0 Å². The van der Waals surface area contributed by atoms with Gasteiger partial charge < -0.3 is 5.11 Å². The van der Waals surface area contributed by atoms with Crippen molar-refractivity contribution in [1.29, 1.82) is 0 Å². The number of hydrogen-bond acceptors (Lipinski definition) is 7. The van der Waals surface area contributed by atoms with Gasteiger partial charge in [-0.15, -0.1) is 0 Å². The largest absolute Gasteiger partial charge is 0.506 e. The molecule has 0 bridgehead atoms. The molecule has 0 aliphatic rings. The molecule has 0 aliphatic heterocycles. The Morgan fingerprint density at radius 3 is 2.88 bits per heavy atom. The molecule has 0 fully saturated rings. The average Bonchev–Trinajstić information content (AvgIpc) is 2.79. The molecule has 0 aliphatic carbocycles. The molecular formula is C9H9ClN4OS2. The number of anilines is 2. The van der Waals surface area contributed by atoms with Gasteiger partial charge in [-0.1, -0.05) is 23.4 Å². The second-order valence-electron chi connectivity index (χ2n) is 3.00. The van der Waals surface area contributed by atoms with Crippen LogP contribution < -0.4 is 10.9 Å². The van der Waals surface area contributed by atoms with Crippen LogP contribution in [0.1, 0.15) is 0 Å². The number of hydrazine groups is 1. The van der Waals surface area contributed by atoms with E-state index in [1.54, 1.807) is 12.1 Å². The van der Waals surface area contributed by atoms with Gasteiger partial charge in [-0.05, 0) is 24.5 Å². The fourth-order valence-electron chi connectivity index (χ4n) is 1.05. The van der Waals surface area contributed by atoms with Crippen LogP contribution >= 0.6 is 34.9 Å². The number of halogens is 1. The molecule has 0 spiro atoms. The van der Waals surface area contributed by atoms with E-state index in [0.29, 0.717) is 10.2 Å². The van der Waals surface area contributed by atoms with Crippen molar-refractivity contribution in [3.05, 3.63) is 23.2 Å². The molecule has 2 rings (SSSR count). The second kappa shape index (κ2) is 5.44. The highest BCUT2D eigenvalue weighted by molar-refractivity contribution is 7.98. The maximum atomic E-state index is 9.26. The van der Waals surface area contributed by atoms with E-state index >= 15 is 0 Å². The summed E-state index contributed by atoms with van der Waals surface area (Å²) >= 11 is 8.52. The second-order valence-corrected chi connectivity index (χ2v) is 4.93. The van der Waals surface area contributed by atoms with Crippen molar-refractivity contribution >= 4 is 45.7 Å². The van der Waals surface area contributed by atoms with E-state index < -0.39 is 0 Å². The van der Waals surface area contributed by atoms with Crippen LogP contribution in [-0.2, 0) is 0 Å². The molecule has 17 heavy (non-hydrogen) atoms. The van der Waals surface area contributed by atoms with Gasteiger partial charge in [0.1, 0.15) is 5.75 Å². The maximum Gasteiger partial charge on any atom is 0.222 e. The zero-order valence-corrected chi connectivity index (χ0v) is 11.2. The molecular weight excluding hydrogens is 280 g/mol. The lowest BCUT2D eigenvalue weighted by Gasteiger charge is -2.07. The van der Waals surface area contributed by atoms with Gasteiger partial charge in [-0.2, -0.15) is 9.36 Å². The fraction of sp³-hybridized carbons (Fsp3) is 0.111. The molecule has 1 heterocycles. The summed E-state index contributed by atoms with van der Waals surface area (Å²) in [6, 6.07) is 4.82. The number of benzene rings is 1. The number of phenols is 1. The van der Waals surface area contributed by atoms with E-state index in [0.717, 1.165) is 10.8 Å². The molecule has 0 amide bonds. The topological polar surface area (TPSA) is 70.1 Å². The van der Waals surface area contributed by atoms with Crippen LogP contribution in [0.3, 0.4) is 0 Å². The van der Waals surface area contributed by atoms with Crippen LogP contribution in [0.15, 0.2) is 23.4 Å². The Balaban J connectivity index is 1.99. The summed E-state index contributed by atoms with van der Waals surface area (Å²) < 4.78 is 4.10. The Kier molecular flexibility index (Phi) is 3.93. The SMILES string of the molecule is CSc1nsc(NNc2ccc(O)c(Cl)c2)n1. The Morgan fingerprint density at radius 2 is 2.24 bits per heavy atom. The first-order valence-electron chi connectivity index (χ1n) is 4.57. The van der Waals surface area contributed by atoms with Crippen molar-refractivity contribution in [3.63, 3.8) is 0 Å². The van der Waals surface area contributed by atoms with Crippen molar-refractivity contribution in [2.75, 3.05) is 17.1 Å². The van der Waals surface area contributed by atoms with Gasteiger partial charge >= 0.3 is 0 Å². The minimum Gasteiger partial charge on any atom is -0.506 e. The molecule has 90 valence electrons. The molecule has 1 aromatic carbocycles. The number of thioether (sulfide) groups is 1. The number of rotatable bonds is 4. The predicted octanol–water partition coefficient (Wildman–Crippen LogP) is 3.06. The third kappa shape index (κ3) is 3.15. The van der Waals surface area contributed by atoms with Crippen LogP contribution in [0.4, 0.5) is 10.8 Å². The summed E-state index contributed by atoms with van der Waals surface area (Å²) in [4.78, 5) is 4.20. The number of hydrogen-bond donors (Lipinski definition) is 3. The lowest BCUT2D eigenvalue weighted by Crippen LogP contribution is -2.07. The zero-order valence-electron chi connectivity index (χ0n) is 8.77. The van der Waals surface area contributed by atoms with Crippen LogP contribution in [0.5, 0.6) is 5.75 Å². The van der Waals surface area contributed by atoms with E-state index in [2.05, 4.69) is 20.2 Å². The van der Waals surface area contributed by atoms with Gasteiger partial charge in [0.05, 0.1) is 10.7 Å². The van der Waals surface area contributed by atoms with Crippen molar-refractivity contribution in [3.8, 4) is 5.75 Å². The van der Waals surface area contributed by atoms with Crippen molar-refractivity contribution in [2.24, 2.45) is 0 Å². The van der Waals surface area contributed by atoms with Crippen LogP contribution in [0.2, 0.25) is 5.02 Å². The fourth-order valence-corrected chi connectivity index (χ4v) is 2.31. The average molecular weight is 289 g/mol. The van der Waals surface area contributed by atoms with Crippen molar-refractivity contribution in [1.82, 2.24) is 9.36 Å². The predicted molar refractivity (Wildman–Crippen MR) is 72.1 cm³/mol. The molecule has 0 unspecified atom stereocenters. The summed E-state index contributed by atoms with van der Waals surface area (Å²) in [7, 11) is 0.